The Morgan fingerprint density at radius 1 is 1.55 bits per heavy atom. The third-order valence-corrected chi connectivity index (χ3v) is 1.40. The van der Waals surface area contributed by atoms with Crippen molar-refractivity contribution < 1.29 is 10.0 Å². The van der Waals surface area contributed by atoms with Gasteiger partial charge < -0.3 is 15.0 Å². The molecule has 1 aromatic heterocycles. The van der Waals surface area contributed by atoms with Gasteiger partial charge in [-0.25, -0.2) is 0 Å². The van der Waals surface area contributed by atoms with E-state index in [2.05, 4.69) is 4.98 Å². The molecule has 1 aromatic rings. The lowest BCUT2D eigenvalue weighted by molar-refractivity contribution is 0.425. The Morgan fingerprint density at radius 3 is 2.64 bits per heavy atom. The molecule has 0 atom stereocenters. The van der Waals surface area contributed by atoms with Crippen LogP contribution in [0.25, 0.3) is 0 Å². The summed E-state index contributed by atoms with van der Waals surface area (Å²) in [6.45, 7) is 0. The second kappa shape index (κ2) is 3.08. The van der Waals surface area contributed by atoms with Gasteiger partial charge in [0.1, 0.15) is 5.15 Å². The van der Waals surface area contributed by atoms with Crippen LogP contribution in [0.15, 0.2) is 17.1 Å². The fourth-order valence-electron chi connectivity index (χ4n) is 0.660. The van der Waals surface area contributed by atoms with E-state index in [1.54, 1.807) is 0 Å². The molecule has 0 unspecified atom stereocenters. The van der Waals surface area contributed by atoms with Crippen LogP contribution in [0.5, 0.6) is 0 Å². The molecule has 0 aliphatic rings. The van der Waals surface area contributed by atoms with Crippen molar-refractivity contribution in [2.45, 2.75) is 0 Å². The molecule has 0 spiro atoms. The van der Waals surface area contributed by atoms with Crippen LogP contribution in [-0.2, 0) is 0 Å². The number of halogens is 1. The van der Waals surface area contributed by atoms with Crippen LogP contribution in [0.2, 0.25) is 5.15 Å². The molecule has 4 nitrogen and oxygen atoms in total. The lowest BCUT2D eigenvalue weighted by Gasteiger charge is -1.96. The van der Waals surface area contributed by atoms with Gasteiger partial charge in [-0.2, -0.15) is 0 Å². The molecule has 0 bridgehead atoms. The van der Waals surface area contributed by atoms with E-state index in [4.69, 9.17) is 21.6 Å². The fourth-order valence-corrected chi connectivity index (χ4v) is 0.813. The molecule has 0 saturated heterocycles. The molecule has 11 heavy (non-hydrogen) atoms. The highest BCUT2D eigenvalue weighted by atomic mass is 35.5. The summed E-state index contributed by atoms with van der Waals surface area (Å²) in [5.41, 5.74) is -0.613. The maximum atomic E-state index is 10.9. The van der Waals surface area contributed by atoms with E-state index in [0.29, 0.717) is 0 Å². The van der Waals surface area contributed by atoms with E-state index in [-0.39, 0.29) is 10.6 Å². The quantitative estimate of drug-likeness (QED) is 0.365. The van der Waals surface area contributed by atoms with Crippen molar-refractivity contribution in [1.82, 2.24) is 4.98 Å². The predicted octanol–water partition coefficient (Wildman–Crippen LogP) is -1.29. The summed E-state index contributed by atoms with van der Waals surface area (Å²) in [7, 11) is -1.75. The molecule has 58 valence electrons. The van der Waals surface area contributed by atoms with Gasteiger partial charge in [-0.15, -0.1) is 0 Å². The minimum absolute atomic E-state index is 0.116. The average molecular weight is 173 g/mol. The van der Waals surface area contributed by atoms with Gasteiger partial charge >= 0.3 is 7.12 Å². The van der Waals surface area contributed by atoms with E-state index >= 15 is 0 Å². The normalized spacial score (nSPS) is 9.73. The SMILES string of the molecule is O=c1cc(Cl)[nH]cc1B(O)O. The van der Waals surface area contributed by atoms with E-state index in [1.807, 2.05) is 0 Å². The van der Waals surface area contributed by atoms with Crippen LogP contribution >= 0.6 is 11.6 Å². The molecule has 6 heteroatoms. The third kappa shape index (κ3) is 1.83. The van der Waals surface area contributed by atoms with Gasteiger partial charge in [0, 0.05) is 17.7 Å². The second-order valence-electron chi connectivity index (χ2n) is 1.97. The highest BCUT2D eigenvalue weighted by Crippen LogP contribution is 1.94. The van der Waals surface area contributed by atoms with Crippen LogP contribution < -0.4 is 10.9 Å². The highest BCUT2D eigenvalue weighted by molar-refractivity contribution is 6.58. The third-order valence-electron chi connectivity index (χ3n) is 1.19. The van der Waals surface area contributed by atoms with Crippen LogP contribution in [0.4, 0.5) is 0 Å². The maximum Gasteiger partial charge on any atom is 0.493 e. The van der Waals surface area contributed by atoms with E-state index in [1.165, 1.54) is 0 Å². The highest BCUT2D eigenvalue weighted by Gasteiger charge is 2.14. The summed E-state index contributed by atoms with van der Waals surface area (Å²) in [5.74, 6) is 0. The average Bonchev–Trinajstić information content (AvgIpc) is 1.85. The number of aromatic nitrogens is 1. The summed E-state index contributed by atoms with van der Waals surface area (Å²) in [5, 5.41) is 17.3. The molecular weight excluding hydrogens is 168 g/mol. The fraction of sp³-hybridized carbons (Fsp3) is 0. The monoisotopic (exact) mass is 173 g/mol. The first-order valence-electron chi connectivity index (χ1n) is 2.85. The van der Waals surface area contributed by atoms with Crippen molar-refractivity contribution in [3.05, 3.63) is 27.6 Å². The summed E-state index contributed by atoms with van der Waals surface area (Å²) in [6, 6.07) is 1.08. The second-order valence-corrected chi connectivity index (χ2v) is 2.38. The molecule has 0 aromatic carbocycles. The molecular formula is C5H5BClNO3. The number of H-pyrrole nitrogens is 1. The molecule has 1 rings (SSSR count). The Balaban J connectivity index is 3.21. The van der Waals surface area contributed by atoms with Crippen molar-refractivity contribution in [2.24, 2.45) is 0 Å². The molecule has 0 saturated carbocycles. The standard InChI is InChI=1S/C5H5BClNO3/c7-5-1-4(9)3(2-8-5)6(10)11/h1-2,10-11H,(H,8,9). The van der Waals surface area contributed by atoms with Gasteiger partial charge in [0.25, 0.3) is 0 Å². The molecule has 0 aliphatic heterocycles. The molecule has 0 fully saturated rings. The predicted molar refractivity (Wildman–Crippen MR) is 41.9 cm³/mol. The van der Waals surface area contributed by atoms with Crippen molar-refractivity contribution in [3.8, 4) is 0 Å². The summed E-state index contributed by atoms with van der Waals surface area (Å²) < 4.78 is 0. The van der Waals surface area contributed by atoms with Crippen LogP contribution in [-0.4, -0.2) is 22.2 Å². The van der Waals surface area contributed by atoms with Crippen LogP contribution in [0, 0.1) is 0 Å². The number of aromatic amines is 1. The Morgan fingerprint density at radius 2 is 2.18 bits per heavy atom. The minimum atomic E-state index is -1.75. The van der Waals surface area contributed by atoms with Gasteiger partial charge in [0.15, 0.2) is 5.43 Å². The molecule has 3 N–H and O–H groups in total. The summed E-state index contributed by atoms with van der Waals surface area (Å²) in [4.78, 5) is 13.3. The van der Waals surface area contributed by atoms with Crippen molar-refractivity contribution in [3.63, 3.8) is 0 Å². The summed E-state index contributed by atoms with van der Waals surface area (Å²) in [6.07, 6.45) is 1.16. The largest absolute Gasteiger partial charge is 0.493 e. The van der Waals surface area contributed by atoms with Gasteiger partial charge in [-0.1, -0.05) is 11.6 Å². The van der Waals surface area contributed by atoms with Crippen LogP contribution in [0.1, 0.15) is 0 Å². The zero-order valence-corrected chi connectivity index (χ0v) is 6.17. The lowest BCUT2D eigenvalue weighted by atomic mass is 9.81. The van der Waals surface area contributed by atoms with Gasteiger partial charge in [0.2, 0.25) is 0 Å². The van der Waals surface area contributed by atoms with Crippen molar-refractivity contribution >= 4 is 24.2 Å². The number of nitrogens with one attached hydrogen (secondary N) is 1. The molecule has 0 aliphatic carbocycles. The first kappa shape index (κ1) is 8.32. The Kier molecular flexibility index (Phi) is 2.33. The lowest BCUT2D eigenvalue weighted by Crippen LogP contribution is -2.41. The number of hydrogen-bond acceptors (Lipinski definition) is 3. The first-order valence-corrected chi connectivity index (χ1v) is 3.23. The Bertz CT molecular complexity index is 311. The molecule has 0 amide bonds. The molecule has 0 radical (unpaired) electrons. The zero-order valence-electron chi connectivity index (χ0n) is 5.41. The van der Waals surface area contributed by atoms with E-state index in [0.717, 1.165) is 12.3 Å². The smallest absolute Gasteiger partial charge is 0.423 e. The molecule has 1 heterocycles. The topological polar surface area (TPSA) is 73.3 Å². The minimum Gasteiger partial charge on any atom is -0.423 e. The van der Waals surface area contributed by atoms with Gasteiger partial charge in [-0.3, -0.25) is 4.79 Å². The zero-order chi connectivity index (χ0) is 8.43. The van der Waals surface area contributed by atoms with Gasteiger partial charge in [-0.05, 0) is 0 Å². The summed E-state index contributed by atoms with van der Waals surface area (Å²) >= 11 is 5.40. The van der Waals surface area contributed by atoms with Crippen molar-refractivity contribution in [1.29, 1.82) is 0 Å². The Labute approximate surface area is 67.6 Å². The van der Waals surface area contributed by atoms with E-state index < -0.39 is 12.5 Å². The number of rotatable bonds is 1. The number of hydrogen-bond donors (Lipinski definition) is 3. The Hall–Kier alpha value is -0.775. The number of pyridine rings is 1. The first-order chi connectivity index (χ1) is 5.11. The van der Waals surface area contributed by atoms with E-state index in [9.17, 15) is 4.79 Å². The van der Waals surface area contributed by atoms with Crippen LogP contribution in [0.3, 0.4) is 0 Å². The maximum absolute atomic E-state index is 10.9. The van der Waals surface area contributed by atoms with Gasteiger partial charge in [0.05, 0.1) is 0 Å². The van der Waals surface area contributed by atoms with Crippen molar-refractivity contribution in [2.75, 3.05) is 0 Å².